The molecule has 6 nitrogen and oxygen atoms in total. The highest BCUT2D eigenvalue weighted by Crippen LogP contribution is 2.43. The Hall–Kier alpha value is -2.84. The Morgan fingerprint density at radius 2 is 1.74 bits per heavy atom. The van der Waals surface area contributed by atoms with E-state index in [4.69, 9.17) is 4.99 Å². The molecule has 2 N–H and O–H groups in total. The average Bonchev–Trinajstić information content (AvgIpc) is 3.24. The van der Waals surface area contributed by atoms with E-state index in [9.17, 15) is 14.3 Å². The lowest BCUT2D eigenvalue weighted by molar-refractivity contribution is 0.0703. The smallest absolute Gasteiger partial charge is 0.348 e. The van der Waals surface area contributed by atoms with Crippen molar-refractivity contribution in [1.29, 1.82) is 0 Å². The molecule has 5 rings (SSSR count). The number of aromatic nitrogens is 1. The molecule has 2 saturated heterocycles. The maximum atomic E-state index is 13.4. The molecule has 2 fully saturated rings. The van der Waals surface area contributed by atoms with Gasteiger partial charge in [0.1, 0.15) is 27.0 Å². The molecule has 0 aliphatic carbocycles. The molecule has 0 saturated carbocycles. The summed E-state index contributed by atoms with van der Waals surface area (Å²) >= 11 is 1.14. The monoisotopic (exact) mass is 496 g/mol. The molecule has 0 unspecified atom stereocenters. The number of carbonyl (C=O) groups is 1. The fourth-order valence-corrected chi connectivity index (χ4v) is 5.59. The van der Waals surface area contributed by atoms with Crippen molar-refractivity contribution in [2.24, 2.45) is 4.99 Å². The SMILES string of the molecule is C1CCNCC1.CC(=Nc1c(C(=O)O)sc2nc(C)cc(-c3ccc(F)cc3)c12)N1CCCCC1. The number of thiophene rings is 1. The van der Waals surface area contributed by atoms with Gasteiger partial charge in [0.15, 0.2) is 0 Å². The van der Waals surface area contributed by atoms with Crippen molar-refractivity contribution >= 4 is 39.0 Å². The van der Waals surface area contributed by atoms with E-state index < -0.39 is 5.97 Å². The molecular formula is C27H33FN4O2S. The van der Waals surface area contributed by atoms with E-state index in [2.05, 4.69) is 15.2 Å². The Kier molecular flexibility index (Phi) is 8.46. The topological polar surface area (TPSA) is 77.8 Å². The number of amidine groups is 1. The van der Waals surface area contributed by atoms with E-state index in [0.717, 1.165) is 59.9 Å². The molecule has 3 aromatic rings. The van der Waals surface area contributed by atoms with Crippen LogP contribution in [0.4, 0.5) is 10.1 Å². The number of aromatic carboxylic acids is 1. The lowest BCUT2D eigenvalue weighted by Crippen LogP contribution is -2.33. The predicted octanol–water partition coefficient (Wildman–Crippen LogP) is 6.40. The van der Waals surface area contributed by atoms with E-state index in [1.54, 1.807) is 12.1 Å². The van der Waals surface area contributed by atoms with Crippen molar-refractivity contribution in [2.45, 2.75) is 52.4 Å². The van der Waals surface area contributed by atoms with Gasteiger partial charge in [-0.1, -0.05) is 18.6 Å². The zero-order valence-corrected chi connectivity index (χ0v) is 21.3. The summed E-state index contributed by atoms with van der Waals surface area (Å²) < 4.78 is 13.4. The Morgan fingerprint density at radius 3 is 2.31 bits per heavy atom. The van der Waals surface area contributed by atoms with Crippen molar-refractivity contribution in [2.75, 3.05) is 26.2 Å². The number of nitrogens with one attached hydrogen (secondary N) is 1. The van der Waals surface area contributed by atoms with Gasteiger partial charge < -0.3 is 15.3 Å². The Balaban J connectivity index is 0.000000421. The van der Waals surface area contributed by atoms with Crippen LogP contribution in [0.1, 0.15) is 60.8 Å². The first kappa shape index (κ1) is 25.3. The highest BCUT2D eigenvalue weighted by Gasteiger charge is 2.23. The van der Waals surface area contributed by atoms with Gasteiger partial charge in [-0.3, -0.25) is 0 Å². The number of halogens is 1. The highest BCUT2D eigenvalue weighted by atomic mass is 32.1. The summed E-state index contributed by atoms with van der Waals surface area (Å²) in [7, 11) is 0. The molecule has 0 bridgehead atoms. The number of carboxylic acid groups (broad SMARTS) is 1. The number of aliphatic imine (C=N–C) groups is 1. The number of rotatable bonds is 3. The summed E-state index contributed by atoms with van der Waals surface area (Å²) in [5.41, 5.74) is 2.84. The first-order valence-electron chi connectivity index (χ1n) is 12.4. The van der Waals surface area contributed by atoms with E-state index in [1.165, 1.54) is 50.9 Å². The minimum absolute atomic E-state index is 0.179. The first-order valence-corrected chi connectivity index (χ1v) is 13.2. The van der Waals surface area contributed by atoms with E-state index >= 15 is 0 Å². The van der Waals surface area contributed by atoms with Crippen LogP contribution in [0.5, 0.6) is 0 Å². The molecule has 4 heterocycles. The van der Waals surface area contributed by atoms with Crippen LogP contribution >= 0.6 is 11.3 Å². The van der Waals surface area contributed by atoms with Crippen molar-refractivity contribution < 1.29 is 14.3 Å². The number of piperidine rings is 2. The lowest BCUT2D eigenvalue weighted by Gasteiger charge is -2.28. The standard InChI is InChI=1S/C22H22FN3O2S.C5H11N/c1-13-12-17(15-6-8-16(23)9-7-15)18-19(20(22(27)28)29-21(18)24-13)25-14(2)26-10-4-3-5-11-26;1-2-4-6-5-3-1/h6-9,12H,3-5,10-11H2,1-2H3,(H,27,28);6H,1-5H2. The third kappa shape index (κ3) is 6.24. The van der Waals surface area contributed by atoms with Crippen molar-refractivity contribution in [3.05, 3.63) is 46.7 Å². The van der Waals surface area contributed by atoms with Gasteiger partial charge in [-0.25, -0.2) is 19.2 Å². The molecule has 8 heteroatoms. The molecule has 35 heavy (non-hydrogen) atoms. The summed E-state index contributed by atoms with van der Waals surface area (Å²) in [6.07, 6.45) is 7.66. The lowest BCUT2D eigenvalue weighted by atomic mass is 10.0. The summed E-state index contributed by atoms with van der Waals surface area (Å²) in [5.74, 6) is -0.509. The van der Waals surface area contributed by atoms with Crippen LogP contribution in [0.3, 0.4) is 0 Å². The molecule has 1 aromatic carbocycles. The summed E-state index contributed by atoms with van der Waals surface area (Å²) in [6.45, 7) is 8.16. The number of hydrogen-bond acceptors (Lipinski definition) is 5. The molecule has 2 aliphatic rings. The molecular weight excluding hydrogens is 463 g/mol. The quantitative estimate of drug-likeness (QED) is 0.324. The summed E-state index contributed by atoms with van der Waals surface area (Å²) in [4.78, 5) is 24.3. The first-order chi connectivity index (χ1) is 16.9. The third-order valence-electron chi connectivity index (χ3n) is 6.41. The van der Waals surface area contributed by atoms with Crippen LogP contribution < -0.4 is 5.32 Å². The zero-order chi connectivity index (χ0) is 24.8. The van der Waals surface area contributed by atoms with Crippen LogP contribution in [0.2, 0.25) is 0 Å². The van der Waals surface area contributed by atoms with Crippen LogP contribution in [0, 0.1) is 12.7 Å². The molecule has 2 aromatic heterocycles. The van der Waals surface area contributed by atoms with Crippen molar-refractivity contribution in [1.82, 2.24) is 15.2 Å². The van der Waals surface area contributed by atoms with Crippen LogP contribution in [-0.4, -0.2) is 53.0 Å². The van der Waals surface area contributed by atoms with Crippen molar-refractivity contribution in [3.8, 4) is 11.1 Å². The van der Waals surface area contributed by atoms with Gasteiger partial charge in [0, 0.05) is 24.2 Å². The molecule has 0 radical (unpaired) electrons. The number of aryl methyl sites for hydroxylation is 1. The second kappa shape index (κ2) is 11.7. The van der Waals surface area contributed by atoms with Crippen LogP contribution in [0.25, 0.3) is 21.3 Å². The van der Waals surface area contributed by atoms with Crippen LogP contribution in [-0.2, 0) is 0 Å². The molecule has 0 atom stereocenters. The molecule has 0 spiro atoms. The molecule has 186 valence electrons. The zero-order valence-electron chi connectivity index (χ0n) is 20.4. The maximum absolute atomic E-state index is 13.4. The fourth-order valence-electron chi connectivity index (χ4n) is 4.57. The van der Waals surface area contributed by atoms with Crippen LogP contribution in [0.15, 0.2) is 35.3 Å². The minimum atomic E-state index is -1.01. The Bertz CT molecular complexity index is 1180. The minimum Gasteiger partial charge on any atom is -0.477 e. The average molecular weight is 497 g/mol. The number of nitrogens with zero attached hydrogens (tertiary/aromatic N) is 3. The number of hydrogen-bond donors (Lipinski definition) is 2. The Labute approximate surface area is 209 Å². The van der Waals surface area contributed by atoms with Crippen molar-refractivity contribution in [3.63, 3.8) is 0 Å². The number of fused-ring (bicyclic) bond motifs is 1. The van der Waals surface area contributed by atoms with E-state index in [1.807, 2.05) is 19.9 Å². The summed E-state index contributed by atoms with van der Waals surface area (Å²) in [6, 6.07) is 8.12. The van der Waals surface area contributed by atoms with Gasteiger partial charge in [-0.2, -0.15) is 0 Å². The van der Waals surface area contributed by atoms with E-state index in [-0.39, 0.29) is 10.7 Å². The van der Waals surface area contributed by atoms with E-state index in [0.29, 0.717) is 15.9 Å². The van der Waals surface area contributed by atoms with Gasteiger partial charge in [0.25, 0.3) is 0 Å². The van der Waals surface area contributed by atoms with Gasteiger partial charge >= 0.3 is 5.97 Å². The molecule has 0 amide bonds. The second-order valence-electron chi connectivity index (χ2n) is 9.10. The fraction of sp³-hybridized carbons (Fsp3) is 0.444. The van der Waals surface area contributed by atoms with Gasteiger partial charge in [-0.15, -0.1) is 11.3 Å². The predicted molar refractivity (Wildman–Crippen MR) is 142 cm³/mol. The van der Waals surface area contributed by atoms with Gasteiger partial charge in [-0.05, 0) is 88.4 Å². The summed E-state index contributed by atoms with van der Waals surface area (Å²) in [5, 5.41) is 13.8. The number of carboxylic acids is 1. The number of pyridine rings is 1. The number of likely N-dealkylation sites (tertiary alicyclic amines) is 1. The maximum Gasteiger partial charge on any atom is 0.348 e. The van der Waals surface area contributed by atoms with Gasteiger partial charge in [0.05, 0.1) is 0 Å². The molecule has 2 aliphatic heterocycles. The largest absolute Gasteiger partial charge is 0.477 e. The highest BCUT2D eigenvalue weighted by molar-refractivity contribution is 7.21. The normalized spacial score (nSPS) is 16.7. The van der Waals surface area contributed by atoms with Gasteiger partial charge in [0.2, 0.25) is 0 Å². The Morgan fingerprint density at radius 1 is 1.09 bits per heavy atom. The second-order valence-corrected chi connectivity index (χ2v) is 10.1. The number of benzene rings is 1. The third-order valence-corrected chi connectivity index (χ3v) is 7.47.